The van der Waals surface area contributed by atoms with E-state index in [1.807, 2.05) is 0 Å². The number of hydrogen-bond acceptors (Lipinski definition) is 6. The second-order valence-electron chi connectivity index (χ2n) is 7.60. The van der Waals surface area contributed by atoms with E-state index in [9.17, 15) is 22.8 Å². The van der Waals surface area contributed by atoms with Gasteiger partial charge in [-0.15, -0.1) is 11.3 Å². The molecule has 4 rings (SSSR count). The van der Waals surface area contributed by atoms with Crippen molar-refractivity contribution in [1.29, 1.82) is 0 Å². The summed E-state index contributed by atoms with van der Waals surface area (Å²) in [6.45, 7) is -0.996. The summed E-state index contributed by atoms with van der Waals surface area (Å²) < 4.78 is 47.9. The number of aromatic nitrogens is 2. The maximum absolute atomic E-state index is 13.1. The fraction of sp³-hybridized carbons (Fsp3) is 0.160. The van der Waals surface area contributed by atoms with Crippen LogP contribution in [-0.2, 0) is 13.2 Å². The van der Waals surface area contributed by atoms with Crippen molar-refractivity contribution < 1.29 is 27.4 Å². The second-order valence-corrected chi connectivity index (χ2v) is 8.60. The van der Waals surface area contributed by atoms with Crippen molar-refractivity contribution in [2.24, 2.45) is 0 Å². The summed E-state index contributed by atoms with van der Waals surface area (Å²) in [6.07, 6.45) is 1.43. The highest BCUT2D eigenvalue weighted by Crippen LogP contribution is 2.32. The van der Waals surface area contributed by atoms with Crippen LogP contribution in [0.25, 0.3) is 10.6 Å². The Balaban J connectivity index is 1.49. The topological polar surface area (TPSA) is 93.3 Å². The van der Waals surface area contributed by atoms with Gasteiger partial charge in [0.2, 0.25) is 0 Å². The van der Waals surface area contributed by atoms with Gasteiger partial charge >= 0.3 is 6.61 Å². The third-order valence-electron chi connectivity index (χ3n) is 5.05. The van der Waals surface area contributed by atoms with Crippen LogP contribution in [0.5, 0.6) is 11.5 Å². The van der Waals surface area contributed by atoms with Gasteiger partial charge in [-0.05, 0) is 48.4 Å². The summed E-state index contributed by atoms with van der Waals surface area (Å²) >= 11 is 1.05. The first-order valence-corrected chi connectivity index (χ1v) is 11.5. The molecule has 0 saturated carbocycles. The average molecular weight is 516 g/mol. The number of aromatic amines is 1. The second kappa shape index (κ2) is 11.1. The van der Waals surface area contributed by atoms with Crippen LogP contribution in [0, 0.1) is 12.7 Å². The van der Waals surface area contributed by atoms with E-state index in [2.05, 4.69) is 20.0 Å². The van der Waals surface area contributed by atoms with Gasteiger partial charge < -0.3 is 19.8 Å². The number of hydrogen-bond donors (Lipinski definition) is 2. The Morgan fingerprint density at radius 2 is 1.78 bits per heavy atom. The molecule has 2 aromatic carbocycles. The third-order valence-corrected chi connectivity index (χ3v) is 6.22. The fourth-order valence-electron chi connectivity index (χ4n) is 3.29. The standard InChI is InChI=1S/C25H20F3N3O4S/c1-14-21(23(33)30-12-15-2-6-17(26)7-3-15)36-24(31-14)20-19(10-11-29-22(20)32)34-13-16-4-8-18(9-5-16)35-25(27)28/h2-11,25H,12-13H2,1H3,(H,29,32)(H,30,33). The van der Waals surface area contributed by atoms with Crippen LogP contribution >= 0.6 is 11.3 Å². The first-order valence-electron chi connectivity index (χ1n) is 10.7. The van der Waals surface area contributed by atoms with Crippen LogP contribution in [-0.4, -0.2) is 22.5 Å². The smallest absolute Gasteiger partial charge is 0.387 e. The SMILES string of the molecule is Cc1nc(-c2c(OCc3ccc(OC(F)F)cc3)cc[nH]c2=O)sc1C(=O)NCc1ccc(F)cc1. The number of ether oxygens (including phenoxy) is 2. The minimum atomic E-state index is -2.91. The summed E-state index contributed by atoms with van der Waals surface area (Å²) in [7, 11) is 0. The highest BCUT2D eigenvalue weighted by atomic mass is 32.1. The van der Waals surface area contributed by atoms with Crippen LogP contribution < -0.4 is 20.3 Å². The number of rotatable bonds is 9. The summed E-state index contributed by atoms with van der Waals surface area (Å²) in [5.41, 5.74) is 1.56. The Labute approximate surface area is 207 Å². The molecule has 1 amide bonds. The molecule has 4 aromatic rings. The number of thiazole rings is 1. The quantitative estimate of drug-likeness (QED) is 0.325. The predicted molar refractivity (Wildman–Crippen MR) is 128 cm³/mol. The number of halogens is 3. The molecule has 186 valence electrons. The molecule has 0 aliphatic heterocycles. The number of amides is 1. The molecular formula is C25H20F3N3O4S. The zero-order chi connectivity index (χ0) is 25.7. The summed E-state index contributed by atoms with van der Waals surface area (Å²) in [4.78, 5) is 32.7. The third kappa shape index (κ3) is 6.11. The van der Waals surface area contributed by atoms with Crippen molar-refractivity contribution in [1.82, 2.24) is 15.3 Å². The van der Waals surface area contributed by atoms with Crippen molar-refractivity contribution in [3.05, 3.63) is 98.7 Å². The monoisotopic (exact) mass is 515 g/mol. The van der Waals surface area contributed by atoms with E-state index in [1.54, 1.807) is 37.3 Å². The molecule has 0 fully saturated rings. The zero-order valence-corrected chi connectivity index (χ0v) is 19.7. The maximum atomic E-state index is 13.1. The Hall–Kier alpha value is -4.12. The van der Waals surface area contributed by atoms with Gasteiger partial charge in [-0.3, -0.25) is 9.59 Å². The first-order chi connectivity index (χ1) is 17.3. The number of carbonyl (C=O) groups is 1. The van der Waals surface area contributed by atoms with E-state index in [4.69, 9.17) is 4.74 Å². The summed E-state index contributed by atoms with van der Waals surface area (Å²) in [6, 6.07) is 13.3. The van der Waals surface area contributed by atoms with Crippen molar-refractivity contribution in [2.75, 3.05) is 0 Å². The maximum Gasteiger partial charge on any atom is 0.387 e. The number of pyridine rings is 1. The van der Waals surface area contributed by atoms with E-state index < -0.39 is 12.2 Å². The minimum Gasteiger partial charge on any atom is -0.488 e. The van der Waals surface area contributed by atoms with Gasteiger partial charge in [0.1, 0.15) is 39.4 Å². The molecule has 0 saturated heterocycles. The number of nitrogens with zero attached hydrogens (tertiary/aromatic N) is 1. The van der Waals surface area contributed by atoms with Gasteiger partial charge in [0.15, 0.2) is 0 Å². The van der Waals surface area contributed by atoms with E-state index in [0.29, 0.717) is 21.1 Å². The Bertz CT molecular complexity index is 1400. The molecule has 2 heterocycles. The summed E-state index contributed by atoms with van der Waals surface area (Å²) in [5, 5.41) is 3.07. The van der Waals surface area contributed by atoms with Gasteiger partial charge in [0, 0.05) is 12.7 Å². The number of nitrogens with one attached hydrogen (secondary N) is 2. The minimum absolute atomic E-state index is 0.0223. The van der Waals surface area contributed by atoms with E-state index in [1.165, 1.54) is 30.5 Å². The molecule has 0 radical (unpaired) electrons. The number of carbonyl (C=O) groups excluding carboxylic acids is 1. The molecule has 0 aliphatic rings. The molecule has 0 bridgehead atoms. The molecule has 36 heavy (non-hydrogen) atoms. The van der Waals surface area contributed by atoms with E-state index >= 15 is 0 Å². The highest BCUT2D eigenvalue weighted by molar-refractivity contribution is 7.17. The largest absolute Gasteiger partial charge is 0.488 e. The molecule has 0 spiro atoms. The molecule has 2 N–H and O–H groups in total. The van der Waals surface area contributed by atoms with Gasteiger partial charge in [-0.1, -0.05) is 24.3 Å². The van der Waals surface area contributed by atoms with E-state index in [0.717, 1.165) is 16.9 Å². The molecular weight excluding hydrogens is 495 g/mol. The van der Waals surface area contributed by atoms with Gasteiger partial charge in [-0.25, -0.2) is 9.37 Å². The fourth-order valence-corrected chi connectivity index (χ4v) is 4.32. The molecule has 11 heteroatoms. The van der Waals surface area contributed by atoms with Crippen LogP contribution in [0.4, 0.5) is 13.2 Å². The first kappa shape index (κ1) is 25.0. The van der Waals surface area contributed by atoms with Gasteiger partial charge in [0.25, 0.3) is 11.5 Å². The highest BCUT2D eigenvalue weighted by Gasteiger charge is 2.21. The van der Waals surface area contributed by atoms with Crippen molar-refractivity contribution >= 4 is 17.2 Å². The molecule has 0 unspecified atom stereocenters. The number of H-pyrrole nitrogens is 1. The lowest BCUT2D eigenvalue weighted by molar-refractivity contribution is -0.0498. The molecule has 7 nitrogen and oxygen atoms in total. The van der Waals surface area contributed by atoms with Gasteiger partial charge in [-0.2, -0.15) is 8.78 Å². The normalized spacial score (nSPS) is 10.9. The van der Waals surface area contributed by atoms with Crippen molar-refractivity contribution in [3.8, 4) is 22.1 Å². The zero-order valence-electron chi connectivity index (χ0n) is 18.9. The lowest BCUT2D eigenvalue weighted by Crippen LogP contribution is -2.22. The van der Waals surface area contributed by atoms with Crippen molar-refractivity contribution in [3.63, 3.8) is 0 Å². The molecule has 0 aliphatic carbocycles. The number of benzene rings is 2. The van der Waals surface area contributed by atoms with Crippen LogP contribution in [0.2, 0.25) is 0 Å². The van der Waals surface area contributed by atoms with E-state index in [-0.39, 0.29) is 41.9 Å². The lowest BCUT2D eigenvalue weighted by Gasteiger charge is -2.10. The Kier molecular flexibility index (Phi) is 7.69. The molecule has 0 atom stereocenters. The van der Waals surface area contributed by atoms with Crippen molar-refractivity contribution in [2.45, 2.75) is 26.7 Å². The Morgan fingerprint density at radius 1 is 1.08 bits per heavy atom. The van der Waals surface area contributed by atoms with Crippen LogP contribution in [0.3, 0.4) is 0 Å². The molecule has 2 aromatic heterocycles. The number of alkyl halides is 2. The average Bonchev–Trinajstić information content (AvgIpc) is 3.23. The van der Waals surface area contributed by atoms with Gasteiger partial charge in [0.05, 0.1) is 5.69 Å². The predicted octanol–water partition coefficient (Wildman–Crippen LogP) is 5.06. The Morgan fingerprint density at radius 3 is 2.47 bits per heavy atom. The number of aryl methyl sites for hydroxylation is 1. The van der Waals surface area contributed by atoms with Crippen LogP contribution in [0.15, 0.2) is 65.6 Å². The summed E-state index contributed by atoms with van der Waals surface area (Å²) in [5.74, 6) is -0.467. The van der Waals surface area contributed by atoms with Crippen LogP contribution in [0.1, 0.15) is 26.5 Å². The lowest BCUT2D eigenvalue weighted by atomic mass is 10.2.